The molecular formula is C10H12BrF2N. The van der Waals surface area contributed by atoms with Crippen molar-refractivity contribution in [3.8, 4) is 0 Å². The van der Waals surface area contributed by atoms with Crippen LogP contribution in [-0.4, -0.2) is 6.54 Å². The standard InChI is InChI=1S/C10H12BrF2N/c1-6(2-3-14)7-4-10(13)8(11)5-9(7)12/h4-6H,2-3,14H2,1H3. The largest absolute Gasteiger partial charge is 0.330 e. The third kappa shape index (κ3) is 2.51. The maximum Gasteiger partial charge on any atom is 0.137 e. The van der Waals surface area contributed by atoms with Crippen molar-refractivity contribution in [2.24, 2.45) is 5.73 Å². The fourth-order valence-corrected chi connectivity index (χ4v) is 1.64. The Bertz CT molecular complexity index is 328. The van der Waals surface area contributed by atoms with E-state index in [9.17, 15) is 8.78 Å². The predicted octanol–water partition coefficient (Wildman–Crippen LogP) is 3.18. The minimum atomic E-state index is -0.440. The van der Waals surface area contributed by atoms with Crippen molar-refractivity contribution >= 4 is 15.9 Å². The molecule has 0 aliphatic heterocycles. The molecule has 2 N–H and O–H groups in total. The summed E-state index contributed by atoms with van der Waals surface area (Å²) in [5.41, 5.74) is 5.74. The summed E-state index contributed by atoms with van der Waals surface area (Å²) in [4.78, 5) is 0. The second-order valence-electron chi connectivity index (χ2n) is 3.27. The van der Waals surface area contributed by atoms with E-state index in [-0.39, 0.29) is 16.2 Å². The van der Waals surface area contributed by atoms with Gasteiger partial charge in [-0.15, -0.1) is 0 Å². The van der Waals surface area contributed by atoms with Crippen LogP contribution in [0, 0.1) is 11.6 Å². The maximum atomic E-state index is 13.4. The van der Waals surface area contributed by atoms with Crippen LogP contribution in [0.3, 0.4) is 0 Å². The molecule has 1 atom stereocenters. The van der Waals surface area contributed by atoms with Crippen LogP contribution in [0.5, 0.6) is 0 Å². The molecule has 0 heterocycles. The minimum absolute atomic E-state index is 0.0531. The van der Waals surface area contributed by atoms with Gasteiger partial charge in [-0.25, -0.2) is 8.78 Å². The highest BCUT2D eigenvalue weighted by atomic mass is 79.9. The van der Waals surface area contributed by atoms with Crippen molar-refractivity contribution in [3.05, 3.63) is 33.8 Å². The van der Waals surface area contributed by atoms with E-state index in [1.807, 2.05) is 6.92 Å². The van der Waals surface area contributed by atoms with E-state index in [0.717, 1.165) is 6.07 Å². The number of nitrogens with two attached hydrogens (primary N) is 1. The van der Waals surface area contributed by atoms with Gasteiger partial charge in [0.1, 0.15) is 11.6 Å². The molecule has 1 rings (SSSR count). The van der Waals surface area contributed by atoms with E-state index in [4.69, 9.17) is 5.73 Å². The van der Waals surface area contributed by atoms with Crippen LogP contribution in [0.2, 0.25) is 0 Å². The van der Waals surface area contributed by atoms with Crippen LogP contribution in [0.1, 0.15) is 24.8 Å². The summed E-state index contributed by atoms with van der Waals surface area (Å²) in [6.45, 7) is 2.30. The van der Waals surface area contributed by atoms with Crippen molar-refractivity contribution < 1.29 is 8.78 Å². The minimum Gasteiger partial charge on any atom is -0.330 e. The lowest BCUT2D eigenvalue weighted by Gasteiger charge is -2.12. The first kappa shape index (κ1) is 11.6. The fraction of sp³-hybridized carbons (Fsp3) is 0.400. The Labute approximate surface area is 90.4 Å². The van der Waals surface area contributed by atoms with E-state index < -0.39 is 5.82 Å². The Hall–Kier alpha value is -0.480. The summed E-state index contributed by atoms with van der Waals surface area (Å²) in [6, 6.07) is 2.37. The van der Waals surface area contributed by atoms with Crippen molar-refractivity contribution in [3.63, 3.8) is 0 Å². The van der Waals surface area contributed by atoms with Crippen LogP contribution in [0.25, 0.3) is 0 Å². The zero-order valence-corrected chi connectivity index (χ0v) is 9.44. The van der Waals surface area contributed by atoms with Gasteiger partial charge in [-0.2, -0.15) is 0 Å². The van der Waals surface area contributed by atoms with E-state index in [1.54, 1.807) is 0 Å². The molecule has 0 fully saturated rings. The van der Waals surface area contributed by atoms with Gasteiger partial charge >= 0.3 is 0 Å². The van der Waals surface area contributed by atoms with Gasteiger partial charge in [-0.1, -0.05) is 6.92 Å². The molecule has 0 aliphatic carbocycles. The Kier molecular flexibility index (Phi) is 4.01. The molecule has 0 saturated heterocycles. The average Bonchev–Trinajstić information content (AvgIpc) is 2.11. The Morgan fingerprint density at radius 3 is 2.57 bits per heavy atom. The quantitative estimate of drug-likeness (QED) is 0.833. The highest BCUT2D eigenvalue weighted by molar-refractivity contribution is 9.10. The van der Waals surface area contributed by atoms with E-state index in [1.165, 1.54) is 6.07 Å². The molecule has 0 radical (unpaired) electrons. The van der Waals surface area contributed by atoms with Gasteiger partial charge in [0, 0.05) is 0 Å². The first-order valence-corrected chi connectivity index (χ1v) is 5.20. The van der Waals surface area contributed by atoms with Crippen molar-refractivity contribution in [2.45, 2.75) is 19.3 Å². The topological polar surface area (TPSA) is 26.0 Å². The van der Waals surface area contributed by atoms with E-state index in [2.05, 4.69) is 15.9 Å². The van der Waals surface area contributed by atoms with Crippen LogP contribution in [0.4, 0.5) is 8.78 Å². The van der Waals surface area contributed by atoms with Crippen LogP contribution >= 0.6 is 15.9 Å². The molecular weight excluding hydrogens is 252 g/mol. The molecule has 0 aliphatic rings. The second kappa shape index (κ2) is 4.84. The third-order valence-corrected chi connectivity index (χ3v) is 2.78. The lowest BCUT2D eigenvalue weighted by Crippen LogP contribution is -2.06. The summed E-state index contributed by atoms with van der Waals surface area (Å²) in [5, 5.41) is 0. The number of benzene rings is 1. The van der Waals surface area contributed by atoms with Crippen LogP contribution < -0.4 is 5.73 Å². The van der Waals surface area contributed by atoms with Crippen LogP contribution in [-0.2, 0) is 0 Å². The predicted molar refractivity (Wildman–Crippen MR) is 56.1 cm³/mol. The fourth-order valence-electron chi connectivity index (χ4n) is 1.32. The molecule has 78 valence electrons. The van der Waals surface area contributed by atoms with E-state index in [0.29, 0.717) is 18.5 Å². The Morgan fingerprint density at radius 1 is 1.36 bits per heavy atom. The first-order chi connectivity index (χ1) is 6.56. The Morgan fingerprint density at radius 2 is 2.00 bits per heavy atom. The zero-order valence-electron chi connectivity index (χ0n) is 7.86. The number of hydrogen-bond acceptors (Lipinski definition) is 1. The smallest absolute Gasteiger partial charge is 0.137 e. The second-order valence-corrected chi connectivity index (χ2v) is 4.12. The molecule has 0 spiro atoms. The van der Waals surface area contributed by atoms with Gasteiger partial charge in [-0.3, -0.25) is 0 Å². The number of rotatable bonds is 3. The van der Waals surface area contributed by atoms with E-state index >= 15 is 0 Å². The van der Waals surface area contributed by atoms with Crippen LogP contribution in [0.15, 0.2) is 16.6 Å². The van der Waals surface area contributed by atoms with Crippen molar-refractivity contribution in [1.82, 2.24) is 0 Å². The molecule has 0 saturated carbocycles. The van der Waals surface area contributed by atoms with Gasteiger partial charge < -0.3 is 5.73 Å². The average molecular weight is 264 g/mol. The SMILES string of the molecule is CC(CCN)c1cc(F)c(Br)cc1F. The normalized spacial score (nSPS) is 12.9. The lowest BCUT2D eigenvalue weighted by molar-refractivity contribution is 0.555. The lowest BCUT2D eigenvalue weighted by atomic mass is 9.97. The summed E-state index contributed by atoms with van der Waals surface area (Å²) >= 11 is 2.93. The molecule has 0 amide bonds. The Balaban J connectivity index is 3.02. The van der Waals surface area contributed by atoms with Gasteiger partial charge in [-0.05, 0) is 52.5 Å². The highest BCUT2D eigenvalue weighted by Gasteiger charge is 2.13. The highest BCUT2D eigenvalue weighted by Crippen LogP contribution is 2.26. The first-order valence-electron chi connectivity index (χ1n) is 4.40. The van der Waals surface area contributed by atoms with Crippen molar-refractivity contribution in [1.29, 1.82) is 0 Å². The number of hydrogen-bond donors (Lipinski definition) is 1. The summed E-state index contributed by atoms with van der Waals surface area (Å²) in [7, 11) is 0. The molecule has 14 heavy (non-hydrogen) atoms. The molecule has 1 aromatic carbocycles. The zero-order chi connectivity index (χ0) is 10.7. The molecule has 1 aromatic rings. The molecule has 0 aromatic heterocycles. The monoisotopic (exact) mass is 263 g/mol. The third-order valence-electron chi connectivity index (χ3n) is 2.17. The summed E-state index contributed by atoms with van der Waals surface area (Å²) in [6.07, 6.45) is 0.651. The van der Waals surface area contributed by atoms with Gasteiger partial charge in [0.15, 0.2) is 0 Å². The summed E-state index contributed by atoms with van der Waals surface area (Å²) < 4.78 is 26.6. The summed E-state index contributed by atoms with van der Waals surface area (Å²) in [5.74, 6) is -0.882. The molecule has 1 nitrogen and oxygen atoms in total. The van der Waals surface area contributed by atoms with Crippen molar-refractivity contribution in [2.75, 3.05) is 6.54 Å². The molecule has 1 unspecified atom stereocenters. The van der Waals surface area contributed by atoms with Gasteiger partial charge in [0.2, 0.25) is 0 Å². The molecule has 4 heteroatoms. The molecule has 0 bridgehead atoms. The van der Waals surface area contributed by atoms with Gasteiger partial charge in [0.25, 0.3) is 0 Å². The maximum absolute atomic E-state index is 13.4. The number of halogens is 3. The van der Waals surface area contributed by atoms with Gasteiger partial charge in [0.05, 0.1) is 4.47 Å².